The predicted octanol–water partition coefficient (Wildman–Crippen LogP) is 21.7. The first-order chi connectivity index (χ1) is 36.2. The van der Waals surface area contributed by atoms with Crippen molar-refractivity contribution in [1.82, 2.24) is 0 Å². The van der Waals surface area contributed by atoms with Crippen LogP contribution in [0.2, 0.25) is 0 Å². The fraction of sp³-hybridized carbons (Fsp3) is 0.486. The number of nitrogens with zero attached hydrogens (tertiary/aromatic N) is 2. The van der Waals surface area contributed by atoms with Crippen LogP contribution in [-0.2, 0) is 21.7 Å². The number of rotatable bonds is 6. The first-order valence-electron chi connectivity index (χ1n) is 30.3. The van der Waals surface area contributed by atoms with Gasteiger partial charge in [0.2, 0.25) is 0 Å². The van der Waals surface area contributed by atoms with Crippen molar-refractivity contribution < 1.29 is 0 Å². The molecule has 4 saturated carbocycles. The van der Waals surface area contributed by atoms with Gasteiger partial charge in [-0.15, -0.1) is 0 Å². The molecule has 6 bridgehead atoms. The van der Waals surface area contributed by atoms with Gasteiger partial charge in [0.05, 0.1) is 11.4 Å². The number of hydrogen-bond donors (Lipinski definition) is 0. The second-order valence-electron chi connectivity index (χ2n) is 29.7. The second-order valence-corrected chi connectivity index (χ2v) is 29.7. The summed E-state index contributed by atoms with van der Waals surface area (Å²) in [6.07, 6.45) is 16.3. The second kappa shape index (κ2) is 18.1. The van der Waals surface area contributed by atoms with E-state index in [0.29, 0.717) is 23.7 Å². The molecule has 76 heavy (non-hydrogen) atoms. The molecule has 7 aromatic carbocycles. The smallest absolute Gasteiger partial charge is 0.0620 e. The van der Waals surface area contributed by atoms with Crippen LogP contribution in [0.1, 0.15) is 228 Å². The van der Waals surface area contributed by atoms with Gasteiger partial charge in [0.25, 0.3) is 0 Å². The number of hydrogen-bond acceptors (Lipinski definition) is 2. The fourth-order valence-electron chi connectivity index (χ4n) is 16.5. The van der Waals surface area contributed by atoms with Gasteiger partial charge >= 0.3 is 0 Å². The molecule has 2 nitrogen and oxygen atoms in total. The Bertz CT molecular complexity index is 2930. The molecular formula is C74H88N2. The molecule has 8 atom stereocenters. The minimum Gasteiger partial charge on any atom is -0.309 e. The Kier molecular flexibility index (Phi) is 12.0. The standard InChI is InChI=1S/C74H88N2/c1-71(2,3)53-19-27-57(28-20-53)75(58-29-21-54(22-30-58)72(4,5)6)69-65-41-61-47-17-13-15-45-35-51(39-49(45)37-47)63(61)43-67(65)70(68-44-64-52-36-46-16-14-18-48(38-50(46)40-52)62(64)42-66(68)69)76(59-31-23-55(24-32-59)73(7,8)9)60-33-25-56(26-34-60)74(10,11)12/h19-34,41-52H,13-18,35-40H2,1-12H3. The molecule has 4 fully saturated rings. The van der Waals surface area contributed by atoms with E-state index in [2.05, 4.69) is 214 Å². The molecule has 0 amide bonds. The topological polar surface area (TPSA) is 6.48 Å². The molecule has 6 aliphatic carbocycles. The van der Waals surface area contributed by atoms with E-state index in [0.717, 1.165) is 23.7 Å². The van der Waals surface area contributed by atoms with Gasteiger partial charge in [-0.05, 0) is 238 Å². The number of fused-ring (bicyclic) bond motifs is 12. The Hall–Kier alpha value is -5.34. The maximum Gasteiger partial charge on any atom is 0.0620 e. The quantitative estimate of drug-likeness (QED) is 0.121. The van der Waals surface area contributed by atoms with Gasteiger partial charge in [-0.25, -0.2) is 0 Å². The van der Waals surface area contributed by atoms with E-state index in [1.54, 1.807) is 22.3 Å². The van der Waals surface area contributed by atoms with Crippen LogP contribution in [0.5, 0.6) is 0 Å². The zero-order valence-corrected chi connectivity index (χ0v) is 48.5. The van der Waals surface area contributed by atoms with Crippen LogP contribution in [-0.4, -0.2) is 0 Å². The van der Waals surface area contributed by atoms with Crippen molar-refractivity contribution in [3.8, 4) is 0 Å². The van der Waals surface area contributed by atoms with Crippen LogP contribution in [0.4, 0.5) is 34.1 Å². The summed E-state index contributed by atoms with van der Waals surface area (Å²) in [5.74, 6) is 5.86. The summed E-state index contributed by atoms with van der Waals surface area (Å²) in [5.41, 5.74) is 20.0. The van der Waals surface area contributed by atoms with E-state index in [9.17, 15) is 0 Å². The largest absolute Gasteiger partial charge is 0.309 e. The minimum absolute atomic E-state index is 0.0434. The molecule has 0 spiro atoms. The van der Waals surface area contributed by atoms with Crippen molar-refractivity contribution in [2.45, 2.75) is 205 Å². The summed E-state index contributed by atoms with van der Waals surface area (Å²) in [4.78, 5) is 5.45. The molecule has 394 valence electrons. The zero-order chi connectivity index (χ0) is 52.8. The first kappa shape index (κ1) is 50.2. The Morgan fingerprint density at radius 1 is 0.289 bits per heavy atom. The van der Waals surface area contributed by atoms with E-state index in [4.69, 9.17) is 0 Å². The summed E-state index contributed by atoms with van der Waals surface area (Å²) < 4.78 is 0. The molecule has 8 unspecified atom stereocenters. The maximum absolute atomic E-state index is 2.82. The summed E-state index contributed by atoms with van der Waals surface area (Å²) in [6, 6.07) is 50.3. The Labute approximate surface area is 458 Å². The Morgan fingerprint density at radius 3 is 0.789 bits per heavy atom. The van der Waals surface area contributed by atoms with Crippen molar-refractivity contribution in [2.24, 2.45) is 23.7 Å². The summed E-state index contributed by atoms with van der Waals surface area (Å²) in [6.45, 7) is 28.2. The highest BCUT2D eigenvalue weighted by molar-refractivity contribution is 6.24. The molecule has 13 rings (SSSR count). The van der Waals surface area contributed by atoms with Crippen LogP contribution in [0.15, 0.2) is 121 Å². The molecule has 7 aromatic rings. The van der Waals surface area contributed by atoms with Gasteiger partial charge in [0.1, 0.15) is 0 Å². The first-order valence-corrected chi connectivity index (χ1v) is 30.3. The lowest BCUT2D eigenvalue weighted by Crippen LogP contribution is -2.18. The molecule has 0 aliphatic heterocycles. The molecule has 0 saturated heterocycles. The SMILES string of the molecule is CC(C)(C)c1ccc(N(c2ccc(C(C)(C)C)cc2)c2c3cc4c(cc3c(N(c3ccc(C(C)(C)C)cc3)c3ccc(C(C)(C)C)cc3)c3cc5c(cc23)C2CCCC3CC5CC3C2)C2CC3CCCC4CC3C2)cc1. The van der Waals surface area contributed by atoms with Crippen LogP contribution in [0.25, 0.3) is 21.5 Å². The molecule has 0 aromatic heterocycles. The van der Waals surface area contributed by atoms with Crippen LogP contribution < -0.4 is 9.80 Å². The summed E-state index contributed by atoms with van der Waals surface area (Å²) in [7, 11) is 0. The highest BCUT2D eigenvalue weighted by Gasteiger charge is 2.45. The number of benzene rings is 7. The lowest BCUT2D eigenvalue weighted by Gasteiger charge is -2.35. The average Bonchev–Trinajstić information content (AvgIpc) is 3.79. The van der Waals surface area contributed by atoms with Crippen molar-refractivity contribution in [3.05, 3.63) is 166 Å². The van der Waals surface area contributed by atoms with Gasteiger partial charge in [-0.1, -0.05) is 157 Å². The van der Waals surface area contributed by atoms with E-state index in [1.807, 2.05) is 0 Å². The van der Waals surface area contributed by atoms with E-state index < -0.39 is 0 Å². The van der Waals surface area contributed by atoms with E-state index >= 15 is 0 Å². The fourth-order valence-corrected chi connectivity index (χ4v) is 16.5. The highest BCUT2D eigenvalue weighted by atomic mass is 15.2. The third-order valence-corrected chi connectivity index (χ3v) is 20.8. The van der Waals surface area contributed by atoms with Crippen molar-refractivity contribution in [1.29, 1.82) is 0 Å². The van der Waals surface area contributed by atoms with Crippen LogP contribution in [0, 0.1) is 23.7 Å². The average molecular weight is 1010 g/mol. The monoisotopic (exact) mass is 1000 g/mol. The number of anilines is 6. The zero-order valence-electron chi connectivity index (χ0n) is 48.5. The van der Waals surface area contributed by atoms with Gasteiger partial charge in [-0.3, -0.25) is 0 Å². The Morgan fingerprint density at radius 2 is 0.526 bits per heavy atom. The Balaban J connectivity index is 1.20. The normalized spacial score (nSPS) is 25.0. The summed E-state index contributed by atoms with van der Waals surface area (Å²) in [5, 5.41) is 5.61. The van der Waals surface area contributed by atoms with Crippen molar-refractivity contribution >= 4 is 55.7 Å². The van der Waals surface area contributed by atoms with Crippen LogP contribution in [0.3, 0.4) is 0 Å². The minimum atomic E-state index is 0.0434. The van der Waals surface area contributed by atoms with Crippen LogP contribution >= 0.6 is 0 Å². The molecule has 6 aliphatic rings. The van der Waals surface area contributed by atoms with E-state index in [-0.39, 0.29) is 21.7 Å². The lowest BCUT2D eigenvalue weighted by atomic mass is 9.79. The van der Waals surface area contributed by atoms with Crippen molar-refractivity contribution in [3.63, 3.8) is 0 Å². The van der Waals surface area contributed by atoms with E-state index in [1.165, 1.54) is 155 Å². The van der Waals surface area contributed by atoms with Gasteiger partial charge in [0.15, 0.2) is 0 Å². The van der Waals surface area contributed by atoms with Crippen molar-refractivity contribution in [2.75, 3.05) is 9.80 Å². The summed E-state index contributed by atoms with van der Waals surface area (Å²) >= 11 is 0. The molecular weight excluding hydrogens is 917 g/mol. The predicted molar refractivity (Wildman–Crippen MR) is 326 cm³/mol. The molecule has 0 N–H and O–H groups in total. The third-order valence-electron chi connectivity index (χ3n) is 20.8. The lowest BCUT2D eigenvalue weighted by molar-refractivity contribution is 0.357. The van der Waals surface area contributed by atoms with Gasteiger partial charge in [-0.2, -0.15) is 0 Å². The maximum atomic E-state index is 2.82. The molecule has 0 heterocycles. The third kappa shape index (κ3) is 8.65. The molecule has 2 heteroatoms. The van der Waals surface area contributed by atoms with Gasteiger partial charge in [0, 0.05) is 44.3 Å². The van der Waals surface area contributed by atoms with Gasteiger partial charge < -0.3 is 9.80 Å². The molecule has 0 radical (unpaired) electrons. The highest BCUT2D eigenvalue weighted by Crippen LogP contribution is 2.62.